The summed E-state index contributed by atoms with van der Waals surface area (Å²) in [6, 6.07) is 4.57. The number of aryl methyl sites for hydroxylation is 2. The second kappa shape index (κ2) is 9.58. The van der Waals surface area contributed by atoms with Crippen LogP contribution in [0.2, 0.25) is 0 Å². The lowest BCUT2D eigenvalue weighted by molar-refractivity contribution is 0.302. The summed E-state index contributed by atoms with van der Waals surface area (Å²) < 4.78 is 5.42. The maximum Gasteiger partial charge on any atom is 0.191 e. The van der Waals surface area contributed by atoms with Gasteiger partial charge in [-0.2, -0.15) is 0 Å². The molecule has 0 saturated carbocycles. The first kappa shape index (κ1) is 19.5. The van der Waals surface area contributed by atoms with Crippen LogP contribution in [0.3, 0.4) is 0 Å². The van der Waals surface area contributed by atoms with E-state index in [-0.39, 0.29) is 0 Å². The van der Waals surface area contributed by atoms with Crippen molar-refractivity contribution in [3.63, 3.8) is 0 Å². The lowest BCUT2D eigenvalue weighted by Gasteiger charge is -2.24. The predicted molar refractivity (Wildman–Crippen MR) is 104 cm³/mol. The second-order valence-corrected chi connectivity index (χ2v) is 7.02. The van der Waals surface area contributed by atoms with E-state index in [1.54, 1.807) is 18.4 Å². The Kier molecular flexibility index (Phi) is 7.46. The molecule has 2 N–H and O–H groups in total. The van der Waals surface area contributed by atoms with Gasteiger partial charge in [0, 0.05) is 37.0 Å². The van der Waals surface area contributed by atoms with Crippen LogP contribution in [0, 0.1) is 0 Å². The van der Waals surface area contributed by atoms with E-state index in [2.05, 4.69) is 71.1 Å². The van der Waals surface area contributed by atoms with Gasteiger partial charge in [0.25, 0.3) is 0 Å². The van der Waals surface area contributed by atoms with Gasteiger partial charge in [-0.15, -0.1) is 11.3 Å². The first-order valence-electron chi connectivity index (χ1n) is 8.71. The van der Waals surface area contributed by atoms with Crippen LogP contribution in [0.15, 0.2) is 27.0 Å². The molecule has 0 amide bonds. The van der Waals surface area contributed by atoms with Gasteiger partial charge in [0.15, 0.2) is 5.96 Å². The average molecular weight is 364 g/mol. The standard InChI is InChI=1S/C18H29N5OS/c1-6-14-13(16(7-2)24-22-14)11-20-18(19-3)21-12-15(23(4)5)17-9-8-10-25-17/h8-10,15H,6-7,11-12H2,1-5H3,(H2,19,20,21). The molecule has 0 aliphatic carbocycles. The Labute approximate surface area is 154 Å². The molecular weight excluding hydrogens is 334 g/mol. The summed E-state index contributed by atoms with van der Waals surface area (Å²) in [5.41, 5.74) is 2.17. The molecule has 0 saturated heterocycles. The quantitative estimate of drug-likeness (QED) is 0.558. The summed E-state index contributed by atoms with van der Waals surface area (Å²) in [7, 11) is 5.99. The van der Waals surface area contributed by atoms with Crippen molar-refractivity contribution in [2.45, 2.75) is 39.3 Å². The molecule has 0 spiro atoms. The van der Waals surface area contributed by atoms with E-state index in [4.69, 9.17) is 4.52 Å². The average Bonchev–Trinajstić information content (AvgIpc) is 3.26. The molecular formula is C18H29N5OS. The van der Waals surface area contributed by atoms with Crippen molar-refractivity contribution in [2.24, 2.45) is 4.99 Å². The number of aromatic nitrogens is 1. The van der Waals surface area contributed by atoms with Crippen molar-refractivity contribution >= 4 is 17.3 Å². The summed E-state index contributed by atoms with van der Waals surface area (Å²) in [4.78, 5) is 7.90. The molecule has 2 aromatic heterocycles. The minimum absolute atomic E-state index is 0.312. The SMILES string of the molecule is CCc1noc(CC)c1CNC(=NC)NCC(c1cccs1)N(C)C. The molecule has 2 heterocycles. The van der Waals surface area contributed by atoms with Crippen LogP contribution in [0.4, 0.5) is 0 Å². The molecule has 0 fully saturated rings. The molecule has 6 nitrogen and oxygen atoms in total. The third-order valence-corrected chi connectivity index (χ3v) is 5.19. The van der Waals surface area contributed by atoms with Crippen molar-refractivity contribution in [1.82, 2.24) is 20.7 Å². The smallest absolute Gasteiger partial charge is 0.191 e. The number of hydrogen-bond donors (Lipinski definition) is 2. The summed E-state index contributed by atoms with van der Waals surface area (Å²) >= 11 is 1.78. The first-order chi connectivity index (χ1) is 12.1. The van der Waals surface area contributed by atoms with Crippen LogP contribution in [-0.2, 0) is 19.4 Å². The van der Waals surface area contributed by atoms with Gasteiger partial charge in [-0.05, 0) is 32.0 Å². The van der Waals surface area contributed by atoms with Crippen molar-refractivity contribution in [1.29, 1.82) is 0 Å². The fourth-order valence-electron chi connectivity index (χ4n) is 2.74. The molecule has 1 atom stereocenters. The Morgan fingerprint density at radius 1 is 1.32 bits per heavy atom. The minimum Gasteiger partial charge on any atom is -0.361 e. The van der Waals surface area contributed by atoms with E-state index < -0.39 is 0 Å². The van der Waals surface area contributed by atoms with E-state index in [1.165, 1.54) is 4.88 Å². The molecule has 0 aromatic carbocycles. The number of nitrogens with one attached hydrogen (secondary N) is 2. The lowest BCUT2D eigenvalue weighted by Crippen LogP contribution is -2.41. The van der Waals surface area contributed by atoms with Crippen molar-refractivity contribution in [3.8, 4) is 0 Å². The van der Waals surface area contributed by atoms with Crippen molar-refractivity contribution in [3.05, 3.63) is 39.4 Å². The summed E-state index contributed by atoms with van der Waals surface area (Å²) in [6.07, 6.45) is 1.71. The maximum absolute atomic E-state index is 5.42. The van der Waals surface area contributed by atoms with Crippen molar-refractivity contribution in [2.75, 3.05) is 27.7 Å². The summed E-state index contributed by atoms with van der Waals surface area (Å²) in [5, 5.41) is 13.1. The van der Waals surface area contributed by atoms with E-state index in [1.807, 2.05) is 0 Å². The molecule has 2 aromatic rings. The lowest BCUT2D eigenvalue weighted by atomic mass is 10.1. The highest BCUT2D eigenvalue weighted by Crippen LogP contribution is 2.22. The van der Waals surface area contributed by atoms with Gasteiger partial charge in [0.1, 0.15) is 5.76 Å². The topological polar surface area (TPSA) is 65.7 Å². The third-order valence-electron chi connectivity index (χ3n) is 4.22. The Bertz CT molecular complexity index is 642. The fourth-order valence-corrected chi connectivity index (χ4v) is 3.67. The molecule has 25 heavy (non-hydrogen) atoms. The number of rotatable bonds is 8. The largest absolute Gasteiger partial charge is 0.361 e. The van der Waals surface area contributed by atoms with E-state index >= 15 is 0 Å². The molecule has 0 radical (unpaired) electrons. The molecule has 7 heteroatoms. The van der Waals surface area contributed by atoms with Crippen LogP contribution in [0.1, 0.15) is 41.8 Å². The monoisotopic (exact) mass is 363 g/mol. The Hall–Kier alpha value is -1.86. The number of hydrogen-bond acceptors (Lipinski definition) is 5. The zero-order chi connectivity index (χ0) is 18.2. The fraction of sp³-hybridized carbons (Fsp3) is 0.556. The Morgan fingerprint density at radius 2 is 2.12 bits per heavy atom. The summed E-state index contributed by atoms with van der Waals surface area (Å²) in [6.45, 7) is 5.63. The predicted octanol–water partition coefficient (Wildman–Crippen LogP) is 2.83. The van der Waals surface area contributed by atoms with Crippen molar-refractivity contribution < 1.29 is 4.52 Å². The van der Waals surface area contributed by atoms with Gasteiger partial charge in [0.2, 0.25) is 0 Å². The van der Waals surface area contributed by atoms with E-state index in [0.29, 0.717) is 12.6 Å². The number of aliphatic imine (C=N–C) groups is 1. The number of thiophene rings is 1. The Morgan fingerprint density at radius 3 is 2.68 bits per heavy atom. The van der Waals surface area contributed by atoms with Crippen LogP contribution < -0.4 is 10.6 Å². The molecule has 0 bridgehead atoms. The molecule has 1 unspecified atom stereocenters. The number of guanidine groups is 1. The van der Waals surface area contributed by atoms with Gasteiger partial charge in [0.05, 0.1) is 11.7 Å². The van der Waals surface area contributed by atoms with Gasteiger partial charge >= 0.3 is 0 Å². The van der Waals surface area contributed by atoms with Crippen LogP contribution >= 0.6 is 11.3 Å². The van der Waals surface area contributed by atoms with Crippen LogP contribution in [-0.4, -0.2) is 43.7 Å². The van der Waals surface area contributed by atoms with Gasteiger partial charge in [-0.3, -0.25) is 4.99 Å². The van der Waals surface area contributed by atoms with Crippen LogP contribution in [0.5, 0.6) is 0 Å². The second-order valence-electron chi connectivity index (χ2n) is 6.04. The highest BCUT2D eigenvalue weighted by atomic mass is 32.1. The summed E-state index contributed by atoms with van der Waals surface area (Å²) in [5.74, 6) is 1.73. The number of nitrogens with zero attached hydrogens (tertiary/aromatic N) is 3. The first-order valence-corrected chi connectivity index (χ1v) is 9.59. The normalized spacial score (nSPS) is 13.3. The molecule has 0 aliphatic rings. The minimum atomic E-state index is 0.312. The van der Waals surface area contributed by atoms with E-state index in [0.717, 1.165) is 42.4 Å². The van der Waals surface area contributed by atoms with E-state index in [9.17, 15) is 0 Å². The zero-order valence-corrected chi connectivity index (χ0v) is 16.6. The molecule has 0 aliphatic heterocycles. The van der Waals surface area contributed by atoms with Gasteiger partial charge < -0.3 is 20.1 Å². The Balaban J connectivity index is 1.96. The third kappa shape index (κ3) is 5.06. The number of likely N-dealkylation sites (N-methyl/N-ethyl adjacent to an activating group) is 1. The van der Waals surface area contributed by atoms with Crippen LogP contribution in [0.25, 0.3) is 0 Å². The molecule has 2 rings (SSSR count). The highest BCUT2D eigenvalue weighted by molar-refractivity contribution is 7.10. The van der Waals surface area contributed by atoms with Gasteiger partial charge in [-0.25, -0.2) is 0 Å². The molecule has 138 valence electrons. The zero-order valence-electron chi connectivity index (χ0n) is 15.8. The highest BCUT2D eigenvalue weighted by Gasteiger charge is 2.17. The van der Waals surface area contributed by atoms with Gasteiger partial charge in [-0.1, -0.05) is 25.1 Å². The maximum atomic E-state index is 5.42.